The molecule has 2 fully saturated rings. The molecule has 1 aliphatic heterocycles. The Balaban J connectivity index is 1.46. The van der Waals surface area contributed by atoms with Gasteiger partial charge in [-0.25, -0.2) is 9.78 Å². The van der Waals surface area contributed by atoms with Crippen molar-refractivity contribution in [1.29, 1.82) is 0 Å². The van der Waals surface area contributed by atoms with Crippen LogP contribution < -0.4 is 10.1 Å². The first-order valence-electron chi connectivity index (χ1n) is 10.2. The third-order valence-corrected chi connectivity index (χ3v) is 6.59. The van der Waals surface area contributed by atoms with Crippen LogP contribution in [-0.2, 0) is 10.9 Å². The molecule has 32 heavy (non-hydrogen) atoms. The quantitative estimate of drug-likeness (QED) is 0.715. The number of amides is 2. The van der Waals surface area contributed by atoms with Gasteiger partial charge in [0.05, 0.1) is 21.3 Å². The molecule has 1 aliphatic carbocycles. The van der Waals surface area contributed by atoms with E-state index in [2.05, 4.69) is 10.3 Å². The highest BCUT2D eigenvalue weighted by molar-refractivity contribution is 7.17. The van der Waals surface area contributed by atoms with Crippen molar-refractivity contribution >= 4 is 33.6 Å². The highest BCUT2D eigenvalue weighted by atomic mass is 32.1. The van der Waals surface area contributed by atoms with Gasteiger partial charge in [0.25, 0.3) is 5.91 Å². The highest BCUT2D eigenvalue weighted by Gasteiger charge is 2.55. The van der Waals surface area contributed by atoms with Crippen molar-refractivity contribution < 1.29 is 32.2 Å². The summed E-state index contributed by atoms with van der Waals surface area (Å²) >= 11 is 0.829. The summed E-state index contributed by atoms with van der Waals surface area (Å²) in [5.41, 5.74) is -1.46. The summed E-state index contributed by atoms with van der Waals surface area (Å²) in [5.74, 6) is -0.662. The molecule has 2 aromatic rings. The van der Waals surface area contributed by atoms with E-state index in [1.54, 1.807) is 25.7 Å². The number of alkyl halides is 3. The summed E-state index contributed by atoms with van der Waals surface area (Å²) in [6.45, 7) is 6.47. The van der Waals surface area contributed by atoms with Crippen molar-refractivity contribution in [3.8, 4) is 5.88 Å². The number of carbonyl (C=O) groups is 2. The van der Waals surface area contributed by atoms with Crippen molar-refractivity contribution in [2.75, 3.05) is 20.1 Å². The Morgan fingerprint density at radius 3 is 2.47 bits per heavy atom. The van der Waals surface area contributed by atoms with E-state index in [1.807, 2.05) is 0 Å². The molecule has 0 aromatic carbocycles. The largest absolute Gasteiger partial charge is 0.474 e. The van der Waals surface area contributed by atoms with Crippen molar-refractivity contribution in [2.45, 2.75) is 51.5 Å². The summed E-state index contributed by atoms with van der Waals surface area (Å²) < 4.78 is 51.9. The van der Waals surface area contributed by atoms with Crippen LogP contribution in [0.3, 0.4) is 0 Å². The molecule has 11 heteroatoms. The average Bonchev–Trinajstić information content (AvgIpc) is 3.02. The number of thiophene rings is 1. The molecule has 3 heterocycles. The Morgan fingerprint density at radius 2 is 1.91 bits per heavy atom. The Labute approximate surface area is 186 Å². The molecule has 2 aromatic heterocycles. The maximum absolute atomic E-state index is 13.6. The van der Waals surface area contributed by atoms with Crippen LogP contribution in [0.4, 0.5) is 18.0 Å². The average molecular weight is 472 g/mol. The van der Waals surface area contributed by atoms with E-state index in [0.29, 0.717) is 25.9 Å². The third-order valence-electron chi connectivity index (χ3n) is 5.59. The van der Waals surface area contributed by atoms with Gasteiger partial charge in [0.2, 0.25) is 5.88 Å². The molecule has 0 bridgehead atoms. The Bertz CT molecular complexity index is 1060. The molecule has 174 valence electrons. The van der Waals surface area contributed by atoms with Crippen LogP contribution in [0.25, 0.3) is 10.2 Å². The second-order valence-electron chi connectivity index (χ2n) is 9.40. The van der Waals surface area contributed by atoms with E-state index >= 15 is 0 Å². The zero-order valence-electron chi connectivity index (χ0n) is 18.1. The number of nitrogens with zero attached hydrogens (tertiary/aromatic N) is 2. The maximum Gasteiger partial charge on any atom is 0.418 e. The first kappa shape index (κ1) is 22.6. The fourth-order valence-electron chi connectivity index (χ4n) is 4.19. The molecular formula is C21H24F3N3O4S. The van der Waals surface area contributed by atoms with E-state index in [4.69, 9.17) is 9.47 Å². The summed E-state index contributed by atoms with van der Waals surface area (Å²) in [6, 6.07) is 0.894. The van der Waals surface area contributed by atoms with Gasteiger partial charge in [-0.1, -0.05) is 0 Å². The smallest absolute Gasteiger partial charge is 0.418 e. The van der Waals surface area contributed by atoms with E-state index < -0.39 is 23.2 Å². The van der Waals surface area contributed by atoms with Gasteiger partial charge >= 0.3 is 12.3 Å². The van der Waals surface area contributed by atoms with Crippen LogP contribution in [0.5, 0.6) is 5.88 Å². The van der Waals surface area contributed by atoms with E-state index in [-0.39, 0.29) is 39.3 Å². The zero-order chi connectivity index (χ0) is 23.5. The van der Waals surface area contributed by atoms with Crippen molar-refractivity contribution in [2.24, 2.45) is 5.41 Å². The zero-order valence-corrected chi connectivity index (χ0v) is 18.9. The van der Waals surface area contributed by atoms with Crippen molar-refractivity contribution in [3.63, 3.8) is 0 Å². The number of likely N-dealkylation sites (tertiary alicyclic amines) is 1. The van der Waals surface area contributed by atoms with E-state index in [9.17, 15) is 22.8 Å². The summed E-state index contributed by atoms with van der Waals surface area (Å²) in [5, 5.41) is 3.79. The minimum Gasteiger partial charge on any atom is -0.474 e. The lowest BCUT2D eigenvalue weighted by Gasteiger charge is -2.57. The number of halogens is 3. The maximum atomic E-state index is 13.6. The first-order valence-corrected chi connectivity index (χ1v) is 11.0. The molecule has 2 amide bonds. The lowest BCUT2D eigenvalue weighted by Crippen LogP contribution is -2.66. The lowest BCUT2D eigenvalue weighted by atomic mass is 9.62. The van der Waals surface area contributed by atoms with Crippen LogP contribution in [0.2, 0.25) is 0 Å². The number of pyridine rings is 1. The fourth-order valence-corrected chi connectivity index (χ4v) is 5.21. The number of hydrogen-bond acceptors (Lipinski definition) is 6. The van der Waals surface area contributed by atoms with Crippen LogP contribution in [0.1, 0.15) is 49.5 Å². The van der Waals surface area contributed by atoms with E-state index in [1.165, 1.54) is 12.4 Å². The molecule has 1 N–H and O–H groups in total. The summed E-state index contributed by atoms with van der Waals surface area (Å²) in [6.07, 6.45) is -4.05. The lowest BCUT2D eigenvalue weighted by molar-refractivity contribution is -0.136. The second-order valence-corrected chi connectivity index (χ2v) is 10.3. The first-order chi connectivity index (χ1) is 14.8. The SMILES string of the molecule is CNC(=O)c1csc2c(C(F)(F)F)cc(OC3CC4(C3)CN(C(=O)OC(C)(C)C)C4)nc12. The number of carbonyl (C=O) groups excluding carboxylic acids is 2. The number of aromatic nitrogens is 1. The normalized spacial score (nSPS) is 18.3. The van der Waals surface area contributed by atoms with Crippen LogP contribution >= 0.6 is 11.3 Å². The second kappa shape index (κ2) is 7.50. The van der Waals surface area contributed by atoms with Gasteiger partial charge in [-0.15, -0.1) is 11.3 Å². The standard InChI is InChI=1S/C21H24F3N3O4S/c1-19(2,3)31-18(29)27-9-20(10-27)6-11(7-20)30-14-5-13(21(22,23)24)16-15(26-14)12(8-32-16)17(28)25-4/h5,8,11H,6-7,9-10H2,1-4H3,(H,25,28). The molecule has 1 saturated carbocycles. The van der Waals surface area contributed by atoms with Crippen molar-refractivity contribution in [1.82, 2.24) is 15.2 Å². The molecule has 1 spiro atoms. The van der Waals surface area contributed by atoms with Gasteiger partial charge in [0.1, 0.15) is 11.7 Å². The fraction of sp³-hybridized carbons (Fsp3) is 0.571. The summed E-state index contributed by atoms with van der Waals surface area (Å²) in [7, 11) is 1.41. The van der Waals surface area contributed by atoms with Crippen molar-refractivity contribution in [3.05, 3.63) is 22.6 Å². The molecule has 0 unspecified atom stereocenters. The topological polar surface area (TPSA) is 80.8 Å². The minimum absolute atomic E-state index is 0.0204. The van der Waals surface area contributed by atoms with Gasteiger partial charge in [0, 0.05) is 37.0 Å². The molecule has 4 rings (SSSR count). The number of fused-ring (bicyclic) bond motifs is 1. The molecular weight excluding hydrogens is 447 g/mol. The van der Waals surface area contributed by atoms with Crippen LogP contribution in [0.15, 0.2) is 11.4 Å². The Morgan fingerprint density at radius 1 is 1.25 bits per heavy atom. The number of nitrogens with one attached hydrogen (secondary N) is 1. The Kier molecular flexibility index (Phi) is 5.30. The molecule has 2 aliphatic rings. The predicted molar refractivity (Wildman–Crippen MR) is 112 cm³/mol. The van der Waals surface area contributed by atoms with Crippen LogP contribution in [0, 0.1) is 5.41 Å². The van der Waals surface area contributed by atoms with Gasteiger partial charge in [0.15, 0.2) is 0 Å². The van der Waals surface area contributed by atoms with Gasteiger partial charge in [-0.3, -0.25) is 4.79 Å². The molecule has 0 radical (unpaired) electrons. The molecule has 1 saturated heterocycles. The van der Waals surface area contributed by atoms with E-state index in [0.717, 1.165) is 17.4 Å². The number of hydrogen-bond donors (Lipinski definition) is 1. The summed E-state index contributed by atoms with van der Waals surface area (Å²) in [4.78, 5) is 30.0. The highest BCUT2D eigenvalue weighted by Crippen LogP contribution is 2.50. The monoisotopic (exact) mass is 471 g/mol. The van der Waals surface area contributed by atoms with Gasteiger partial charge in [-0.05, 0) is 33.6 Å². The van der Waals surface area contributed by atoms with Crippen LogP contribution in [-0.4, -0.2) is 53.7 Å². The third kappa shape index (κ3) is 4.22. The predicted octanol–water partition coefficient (Wildman–Crippen LogP) is 4.45. The Hall–Kier alpha value is -2.56. The molecule has 7 nitrogen and oxygen atoms in total. The minimum atomic E-state index is -4.60. The molecule has 0 atom stereocenters. The number of rotatable bonds is 3. The number of ether oxygens (including phenoxy) is 2. The van der Waals surface area contributed by atoms with Gasteiger partial charge < -0.3 is 19.7 Å². The van der Waals surface area contributed by atoms with Gasteiger partial charge in [-0.2, -0.15) is 13.2 Å².